The largest absolute Gasteiger partial charge is 0.492 e. The number of carbonyl (C=O) groups is 1. The maximum atomic E-state index is 11.5. The Morgan fingerprint density at radius 2 is 2.33 bits per heavy atom. The highest BCUT2D eigenvalue weighted by Gasteiger charge is 2.16. The molecule has 15 heavy (non-hydrogen) atoms. The summed E-state index contributed by atoms with van der Waals surface area (Å²) in [6, 6.07) is 5.60. The number of carbonyl (C=O) groups excluding carboxylic acids is 1. The average molecular weight is 206 g/mol. The summed E-state index contributed by atoms with van der Waals surface area (Å²) in [7, 11) is 0. The van der Waals surface area contributed by atoms with Crippen LogP contribution in [0, 0.1) is 0 Å². The van der Waals surface area contributed by atoms with Gasteiger partial charge < -0.3 is 15.8 Å². The van der Waals surface area contributed by atoms with Crippen molar-refractivity contribution in [1.29, 1.82) is 0 Å². The number of fused-ring (bicyclic) bond motifs is 1. The van der Waals surface area contributed by atoms with Gasteiger partial charge in [0.25, 0.3) is 5.91 Å². The minimum atomic E-state index is -0.0190. The van der Waals surface area contributed by atoms with Crippen molar-refractivity contribution in [1.82, 2.24) is 5.32 Å². The highest BCUT2D eigenvalue weighted by Crippen LogP contribution is 2.20. The smallest absolute Gasteiger partial charge is 0.251 e. The van der Waals surface area contributed by atoms with Crippen molar-refractivity contribution < 1.29 is 9.53 Å². The van der Waals surface area contributed by atoms with Crippen LogP contribution in [0.2, 0.25) is 0 Å². The van der Waals surface area contributed by atoms with Gasteiger partial charge in [-0.2, -0.15) is 0 Å². The fraction of sp³-hybridized carbons (Fsp3) is 0.364. The van der Waals surface area contributed by atoms with Gasteiger partial charge in [0.1, 0.15) is 12.4 Å². The van der Waals surface area contributed by atoms with E-state index in [4.69, 9.17) is 10.5 Å². The third-order valence-electron chi connectivity index (χ3n) is 2.39. The molecule has 0 bridgehead atoms. The number of hydrogen-bond acceptors (Lipinski definition) is 3. The van der Waals surface area contributed by atoms with E-state index in [1.54, 1.807) is 6.07 Å². The van der Waals surface area contributed by atoms with E-state index in [1.807, 2.05) is 12.1 Å². The summed E-state index contributed by atoms with van der Waals surface area (Å²) < 4.78 is 5.36. The lowest BCUT2D eigenvalue weighted by Crippen LogP contribution is -2.31. The van der Waals surface area contributed by atoms with Crippen molar-refractivity contribution in [3.05, 3.63) is 29.3 Å². The Morgan fingerprint density at radius 3 is 3.13 bits per heavy atom. The minimum Gasteiger partial charge on any atom is -0.492 e. The van der Waals surface area contributed by atoms with E-state index in [0.29, 0.717) is 18.9 Å². The molecule has 0 aliphatic carbocycles. The van der Waals surface area contributed by atoms with E-state index in [-0.39, 0.29) is 5.91 Å². The zero-order chi connectivity index (χ0) is 10.7. The van der Waals surface area contributed by atoms with Gasteiger partial charge in [-0.15, -0.1) is 0 Å². The average Bonchev–Trinajstić information content (AvgIpc) is 2.27. The molecule has 1 aliphatic rings. The first kappa shape index (κ1) is 9.98. The van der Waals surface area contributed by atoms with Crippen molar-refractivity contribution in [2.24, 2.45) is 5.73 Å². The zero-order valence-corrected chi connectivity index (χ0v) is 8.45. The van der Waals surface area contributed by atoms with Crippen molar-refractivity contribution in [3.63, 3.8) is 0 Å². The predicted molar refractivity (Wildman–Crippen MR) is 57.0 cm³/mol. The monoisotopic (exact) mass is 206 g/mol. The number of rotatable bonds is 3. The summed E-state index contributed by atoms with van der Waals surface area (Å²) >= 11 is 0. The number of nitrogens with one attached hydrogen (secondary N) is 1. The van der Waals surface area contributed by atoms with Crippen LogP contribution in [0.25, 0.3) is 0 Å². The summed E-state index contributed by atoms with van der Waals surface area (Å²) in [4.78, 5) is 11.5. The zero-order valence-electron chi connectivity index (χ0n) is 8.45. The summed E-state index contributed by atoms with van der Waals surface area (Å²) in [6.45, 7) is 1.67. The van der Waals surface area contributed by atoms with Crippen molar-refractivity contribution in [2.45, 2.75) is 6.42 Å². The molecule has 0 radical (unpaired) electrons. The molecular formula is C11H14N2O2. The van der Waals surface area contributed by atoms with Gasteiger partial charge >= 0.3 is 0 Å². The summed E-state index contributed by atoms with van der Waals surface area (Å²) in [5.41, 5.74) is 7.14. The highest BCUT2D eigenvalue weighted by atomic mass is 16.5. The van der Waals surface area contributed by atoms with Gasteiger partial charge in [-0.3, -0.25) is 4.79 Å². The molecule has 0 saturated carbocycles. The number of ether oxygens (including phenoxy) is 1. The molecule has 4 heteroatoms. The fourth-order valence-electron chi connectivity index (χ4n) is 1.66. The van der Waals surface area contributed by atoms with Gasteiger partial charge in [0.05, 0.1) is 0 Å². The molecule has 4 nitrogen and oxygen atoms in total. The van der Waals surface area contributed by atoms with E-state index in [1.165, 1.54) is 0 Å². The van der Waals surface area contributed by atoms with Gasteiger partial charge in [-0.1, -0.05) is 6.07 Å². The van der Waals surface area contributed by atoms with Crippen LogP contribution in [0.1, 0.15) is 15.9 Å². The van der Waals surface area contributed by atoms with E-state index in [0.717, 1.165) is 24.1 Å². The van der Waals surface area contributed by atoms with Gasteiger partial charge in [-0.05, 0) is 24.1 Å². The Labute approximate surface area is 88.4 Å². The van der Waals surface area contributed by atoms with E-state index >= 15 is 0 Å². The molecule has 2 rings (SSSR count). The highest BCUT2D eigenvalue weighted by molar-refractivity contribution is 5.97. The van der Waals surface area contributed by atoms with Crippen LogP contribution in [0.3, 0.4) is 0 Å². The van der Waals surface area contributed by atoms with Gasteiger partial charge in [0, 0.05) is 18.7 Å². The first-order chi connectivity index (χ1) is 7.31. The first-order valence-corrected chi connectivity index (χ1v) is 5.05. The lowest BCUT2D eigenvalue weighted by atomic mass is 10.0. The quantitative estimate of drug-likeness (QED) is 0.748. The maximum absolute atomic E-state index is 11.5. The van der Waals surface area contributed by atoms with Crippen LogP contribution >= 0.6 is 0 Å². The van der Waals surface area contributed by atoms with Crippen LogP contribution in [0.15, 0.2) is 18.2 Å². The Bertz CT molecular complexity index is 377. The molecule has 0 atom stereocenters. The van der Waals surface area contributed by atoms with Gasteiger partial charge in [-0.25, -0.2) is 0 Å². The molecule has 0 saturated heterocycles. The van der Waals surface area contributed by atoms with E-state index in [9.17, 15) is 4.79 Å². The Kier molecular flexibility index (Phi) is 2.87. The topological polar surface area (TPSA) is 64.3 Å². The Balaban J connectivity index is 2.23. The number of hydrogen-bond donors (Lipinski definition) is 2. The lowest BCUT2D eigenvalue weighted by Gasteiger charge is -2.17. The van der Waals surface area contributed by atoms with Crippen molar-refractivity contribution in [3.8, 4) is 5.75 Å². The third-order valence-corrected chi connectivity index (χ3v) is 2.39. The molecule has 1 amide bonds. The van der Waals surface area contributed by atoms with E-state index in [2.05, 4.69) is 5.32 Å². The Morgan fingerprint density at radius 1 is 1.47 bits per heavy atom. The standard InChI is InChI=1S/C11H14N2O2/c12-4-6-15-9-2-1-8-3-5-13-11(14)10(8)7-9/h1-2,7H,3-6,12H2,(H,13,14). The van der Waals surface area contributed by atoms with Crippen LogP contribution in [-0.4, -0.2) is 25.6 Å². The second-order valence-corrected chi connectivity index (χ2v) is 3.46. The molecule has 1 aliphatic heterocycles. The number of nitrogens with two attached hydrogens (primary N) is 1. The second-order valence-electron chi connectivity index (χ2n) is 3.46. The van der Waals surface area contributed by atoms with Crippen LogP contribution in [0.5, 0.6) is 5.75 Å². The molecule has 1 aromatic carbocycles. The maximum Gasteiger partial charge on any atom is 0.251 e. The SMILES string of the molecule is NCCOc1ccc2c(c1)C(=O)NCC2. The molecule has 80 valence electrons. The fourth-order valence-corrected chi connectivity index (χ4v) is 1.66. The molecule has 0 spiro atoms. The first-order valence-electron chi connectivity index (χ1n) is 5.05. The van der Waals surface area contributed by atoms with Gasteiger partial charge in [0.2, 0.25) is 0 Å². The van der Waals surface area contributed by atoms with E-state index < -0.39 is 0 Å². The molecule has 0 aromatic heterocycles. The predicted octanol–water partition coefficient (Wildman–Crippen LogP) is 0.310. The lowest BCUT2D eigenvalue weighted by molar-refractivity contribution is 0.0945. The van der Waals surface area contributed by atoms with Crippen LogP contribution < -0.4 is 15.8 Å². The minimum absolute atomic E-state index is 0.0190. The second kappa shape index (κ2) is 4.31. The van der Waals surface area contributed by atoms with Crippen LogP contribution in [0.4, 0.5) is 0 Å². The summed E-state index contributed by atoms with van der Waals surface area (Å²) in [6.07, 6.45) is 0.887. The normalized spacial score (nSPS) is 14.3. The number of amides is 1. The third kappa shape index (κ3) is 2.10. The van der Waals surface area contributed by atoms with Crippen molar-refractivity contribution in [2.75, 3.05) is 19.7 Å². The van der Waals surface area contributed by atoms with Crippen molar-refractivity contribution >= 4 is 5.91 Å². The number of benzene rings is 1. The molecule has 3 N–H and O–H groups in total. The Hall–Kier alpha value is -1.55. The molecule has 1 aromatic rings. The molecule has 1 heterocycles. The molecular weight excluding hydrogens is 192 g/mol. The van der Waals surface area contributed by atoms with Crippen LogP contribution in [-0.2, 0) is 6.42 Å². The summed E-state index contributed by atoms with van der Waals surface area (Å²) in [5.74, 6) is 0.686. The molecule has 0 fully saturated rings. The van der Waals surface area contributed by atoms with Gasteiger partial charge in [0.15, 0.2) is 0 Å². The molecule has 0 unspecified atom stereocenters. The summed E-state index contributed by atoms with van der Waals surface area (Å²) in [5, 5.41) is 2.80.